The number of ether oxygens (including phenoxy) is 1. The molecule has 0 bridgehead atoms. The third-order valence-corrected chi connectivity index (χ3v) is 6.26. The number of aromatic nitrogens is 2. The monoisotopic (exact) mass is 430 g/mol. The first-order valence-electron chi connectivity index (χ1n) is 10.3. The van der Waals surface area contributed by atoms with Gasteiger partial charge < -0.3 is 4.74 Å². The predicted octanol–water partition coefficient (Wildman–Crippen LogP) is 6.40. The molecule has 0 amide bonds. The third kappa shape index (κ3) is 4.52. The Morgan fingerprint density at radius 3 is 2.35 bits per heavy atom. The van der Waals surface area contributed by atoms with Gasteiger partial charge in [0, 0.05) is 11.4 Å². The summed E-state index contributed by atoms with van der Waals surface area (Å²) in [4.78, 5) is 16.9. The van der Waals surface area contributed by atoms with Gasteiger partial charge in [-0.1, -0.05) is 75.0 Å². The summed E-state index contributed by atoms with van der Waals surface area (Å²) >= 11 is 1.69. The Balaban J connectivity index is 1.79. The molecule has 0 fully saturated rings. The number of esters is 1. The molecular weight excluding hydrogens is 404 g/mol. The van der Waals surface area contributed by atoms with Crippen LogP contribution in [0.2, 0.25) is 0 Å². The van der Waals surface area contributed by atoms with Gasteiger partial charge in [0.25, 0.3) is 0 Å². The molecule has 4 rings (SSSR count). The molecular formula is C26H26N2O2S. The Kier molecular flexibility index (Phi) is 5.88. The van der Waals surface area contributed by atoms with Crippen molar-refractivity contribution < 1.29 is 9.53 Å². The van der Waals surface area contributed by atoms with Crippen LogP contribution in [-0.2, 0) is 15.9 Å². The van der Waals surface area contributed by atoms with Crippen LogP contribution in [-0.4, -0.2) is 22.6 Å². The molecule has 1 aromatic heterocycles. The molecule has 4 aromatic rings. The highest BCUT2D eigenvalue weighted by Gasteiger charge is 2.17. The van der Waals surface area contributed by atoms with Crippen molar-refractivity contribution in [3.63, 3.8) is 0 Å². The normalized spacial score (nSPS) is 11.6. The molecule has 5 heteroatoms. The van der Waals surface area contributed by atoms with Crippen LogP contribution in [0.1, 0.15) is 42.3 Å². The zero-order valence-corrected chi connectivity index (χ0v) is 19.1. The average Bonchev–Trinajstić information content (AvgIpc) is 3.15. The fourth-order valence-electron chi connectivity index (χ4n) is 3.48. The van der Waals surface area contributed by atoms with Crippen LogP contribution >= 0.6 is 11.8 Å². The van der Waals surface area contributed by atoms with E-state index in [1.54, 1.807) is 23.9 Å². The molecule has 158 valence electrons. The number of fused-ring (bicyclic) bond motifs is 1. The largest absolute Gasteiger partial charge is 0.465 e. The van der Waals surface area contributed by atoms with E-state index in [4.69, 9.17) is 9.72 Å². The van der Waals surface area contributed by atoms with E-state index in [1.165, 1.54) is 18.2 Å². The standard InChI is InChI=1S/C26H26N2O2S/c1-26(2,3)20-11-13-21(14-12-20)28-23-15-10-19(24(29)30-4)16-22(23)27-25(28)31-17-18-8-6-5-7-9-18/h5-16H,17H2,1-4H3. The van der Waals surface area contributed by atoms with Crippen molar-refractivity contribution in [3.05, 3.63) is 89.5 Å². The van der Waals surface area contributed by atoms with Gasteiger partial charge in [0.05, 0.1) is 23.7 Å². The lowest BCUT2D eigenvalue weighted by Crippen LogP contribution is -2.11. The number of carbonyl (C=O) groups is 1. The molecule has 31 heavy (non-hydrogen) atoms. The van der Waals surface area contributed by atoms with Crippen LogP contribution in [0.25, 0.3) is 16.7 Å². The quantitative estimate of drug-likeness (QED) is 0.271. The number of carbonyl (C=O) groups excluding carboxylic acids is 1. The number of rotatable bonds is 5. The van der Waals surface area contributed by atoms with E-state index >= 15 is 0 Å². The van der Waals surface area contributed by atoms with Crippen molar-refractivity contribution in [1.29, 1.82) is 0 Å². The molecule has 0 aliphatic carbocycles. The lowest BCUT2D eigenvalue weighted by atomic mass is 9.87. The smallest absolute Gasteiger partial charge is 0.337 e. The lowest BCUT2D eigenvalue weighted by Gasteiger charge is -2.19. The van der Waals surface area contributed by atoms with Crippen molar-refractivity contribution in [2.24, 2.45) is 0 Å². The Labute approximate surface area is 187 Å². The first-order chi connectivity index (χ1) is 14.9. The van der Waals surface area contributed by atoms with E-state index in [0.717, 1.165) is 27.6 Å². The number of hydrogen-bond acceptors (Lipinski definition) is 4. The van der Waals surface area contributed by atoms with Crippen LogP contribution in [0.15, 0.2) is 78.0 Å². The van der Waals surface area contributed by atoms with Crippen molar-refractivity contribution in [2.45, 2.75) is 37.1 Å². The highest BCUT2D eigenvalue weighted by Crippen LogP contribution is 2.32. The summed E-state index contributed by atoms with van der Waals surface area (Å²) in [7, 11) is 1.39. The molecule has 0 unspecified atom stereocenters. The molecule has 0 aliphatic heterocycles. The van der Waals surface area contributed by atoms with Gasteiger partial charge in [-0.25, -0.2) is 9.78 Å². The van der Waals surface area contributed by atoms with Crippen molar-refractivity contribution in [2.75, 3.05) is 7.11 Å². The topological polar surface area (TPSA) is 44.1 Å². The summed E-state index contributed by atoms with van der Waals surface area (Å²) in [5, 5.41) is 0.893. The molecule has 1 heterocycles. The van der Waals surface area contributed by atoms with Crippen molar-refractivity contribution >= 4 is 28.8 Å². The zero-order chi connectivity index (χ0) is 22.0. The summed E-state index contributed by atoms with van der Waals surface area (Å²) in [5.41, 5.74) is 5.91. The van der Waals surface area contributed by atoms with E-state index in [0.29, 0.717) is 5.56 Å². The average molecular weight is 431 g/mol. The van der Waals surface area contributed by atoms with Crippen molar-refractivity contribution in [1.82, 2.24) is 9.55 Å². The first kappa shape index (κ1) is 21.2. The highest BCUT2D eigenvalue weighted by molar-refractivity contribution is 7.98. The summed E-state index contributed by atoms with van der Waals surface area (Å²) in [5.74, 6) is 0.457. The summed E-state index contributed by atoms with van der Waals surface area (Å²) in [6.45, 7) is 6.64. The van der Waals surface area contributed by atoms with Crippen LogP contribution in [0, 0.1) is 0 Å². The molecule has 0 N–H and O–H groups in total. The molecule has 0 spiro atoms. The number of benzene rings is 3. The minimum absolute atomic E-state index is 0.0931. The van der Waals surface area contributed by atoms with Gasteiger partial charge in [-0.15, -0.1) is 0 Å². The number of hydrogen-bond donors (Lipinski definition) is 0. The summed E-state index contributed by atoms with van der Waals surface area (Å²) in [6.07, 6.45) is 0. The van der Waals surface area contributed by atoms with Gasteiger partial charge in [-0.3, -0.25) is 4.57 Å². The Morgan fingerprint density at radius 1 is 1.00 bits per heavy atom. The van der Waals surface area contributed by atoms with Crippen molar-refractivity contribution in [3.8, 4) is 5.69 Å². The minimum atomic E-state index is -0.357. The van der Waals surface area contributed by atoms with Crippen LogP contribution in [0.4, 0.5) is 0 Å². The highest BCUT2D eigenvalue weighted by atomic mass is 32.2. The van der Waals surface area contributed by atoms with Gasteiger partial charge in [-0.2, -0.15) is 0 Å². The zero-order valence-electron chi connectivity index (χ0n) is 18.3. The second-order valence-corrected chi connectivity index (χ2v) is 9.44. The Bertz CT molecular complexity index is 1210. The lowest BCUT2D eigenvalue weighted by molar-refractivity contribution is 0.0601. The van der Waals surface area contributed by atoms with Gasteiger partial charge >= 0.3 is 5.97 Å². The van der Waals surface area contributed by atoms with Gasteiger partial charge in [0.2, 0.25) is 0 Å². The predicted molar refractivity (Wildman–Crippen MR) is 127 cm³/mol. The van der Waals surface area contributed by atoms with E-state index in [2.05, 4.69) is 61.7 Å². The molecule has 0 saturated carbocycles. The third-order valence-electron chi connectivity index (χ3n) is 5.25. The maximum Gasteiger partial charge on any atom is 0.337 e. The van der Waals surface area contributed by atoms with Gasteiger partial charge in [-0.05, 0) is 46.9 Å². The summed E-state index contributed by atoms with van der Waals surface area (Å²) in [6, 6.07) is 24.5. The van der Waals surface area contributed by atoms with Crippen LogP contribution in [0.3, 0.4) is 0 Å². The minimum Gasteiger partial charge on any atom is -0.465 e. The van der Waals surface area contributed by atoms with E-state index in [9.17, 15) is 4.79 Å². The fraction of sp³-hybridized carbons (Fsp3) is 0.231. The molecule has 3 aromatic carbocycles. The van der Waals surface area contributed by atoms with E-state index in [1.807, 2.05) is 24.3 Å². The second kappa shape index (κ2) is 8.60. The molecule has 0 aliphatic rings. The van der Waals surface area contributed by atoms with Gasteiger partial charge in [0.1, 0.15) is 0 Å². The van der Waals surface area contributed by atoms with Crippen LogP contribution < -0.4 is 0 Å². The maximum atomic E-state index is 12.0. The fourth-order valence-corrected chi connectivity index (χ4v) is 4.47. The Morgan fingerprint density at radius 2 is 1.71 bits per heavy atom. The Hall–Kier alpha value is -3.05. The first-order valence-corrected chi connectivity index (χ1v) is 11.2. The summed E-state index contributed by atoms with van der Waals surface area (Å²) < 4.78 is 7.04. The van der Waals surface area contributed by atoms with E-state index in [-0.39, 0.29) is 11.4 Å². The maximum absolute atomic E-state index is 12.0. The molecule has 0 atom stereocenters. The number of methoxy groups -OCH3 is 1. The van der Waals surface area contributed by atoms with Crippen LogP contribution in [0.5, 0.6) is 0 Å². The molecule has 4 nitrogen and oxygen atoms in total. The second-order valence-electron chi connectivity index (χ2n) is 8.50. The SMILES string of the molecule is COC(=O)c1ccc2c(c1)nc(SCc1ccccc1)n2-c1ccc(C(C)(C)C)cc1. The number of nitrogens with zero attached hydrogens (tertiary/aromatic N) is 2. The number of thioether (sulfide) groups is 1. The van der Waals surface area contributed by atoms with E-state index < -0.39 is 0 Å². The number of imidazole rings is 1. The van der Waals surface area contributed by atoms with Gasteiger partial charge in [0.15, 0.2) is 5.16 Å². The molecule has 0 radical (unpaired) electrons. The molecule has 0 saturated heterocycles.